The molecule has 0 aromatic carbocycles. The number of rotatable bonds is 2. The van der Waals surface area contributed by atoms with Crippen LogP contribution >= 0.6 is 0 Å². The summed E-state index contributed by atoms with van der Waals surface area (Å²) in [4.78, 5) is 0. The zero-order valence-corrected chi connectivity index (χ0v) is 4.89. The van der Waals surface area contributed by atoms with Gasteiger partial charge in [-0.3, -0.25) is 5.84 Å². The zero-order valence-electron chi connectivity index (χ0n) is 4.89. The van der Waals surface area contributed by atoms with Crippen LogP contribution in [0.3, 0.4) is 0 Å². The van der Waals surface area contributed by atoms with E-state index in [1.165, 1.54) is 0 Å². The minimum Gasteiger partial charge on any atom is -0.315 e. The monoisotopic (exact) mass is 103 g/mol. The second kappa shape index (κ2) is 2.96. The Balaban J connectivity index is 3.14. The van der Waals surface area contributed by atoms with Crippen molar-refractivity contribution in [1.29, 1.82) is 0 Å². The normalized spacial score (nSPS) is 15.0. The minimum atomic E-state index is -0.0231. The summed E-state index contributed by atoms with van der Waals surface area (Å²) >= 11 is 0. The van der Waals surface area contributed by atoms with E-state index in [1.807, 2.05) is 13.8 Å². The molecule has 0 heterocycles. The van der Waals surface area contributed by atoms with Crippen molar-refractivity contribution in [3.63, 3.8) is 0 Å². The third-order valence-corrected chi connectivity index (χ3v) is 0.888. The molecule has 44 valence electrons. The van der Waals surface area contributed by atoms with E-state index < -0.39 is 0 Å². The highest BCUT2D eigenvalue weighted by Gasteiger charge is 1.96. The molecule has 0 amide bonds. The largest absolute Gasteiger partial charge is 0.315 e. The molecule has 3 nitrogen and oxygen atoms in total. The first-order valence-corrected chi connectivity index (χ1v) is 2.45. The summed E-state index contributed by atoms with van der Waals surface area (Å²) in [5.41, 5.74) is 5.35. The maximum atomic E-state index is 5.35. The lowest BCUT2D eigenvalue weighted by molar-refractivity contribution is 0.231. The van der Waals surface area contributed by atoms with E-state index in [0.29, 0.717) is 0 Å². The van der Waals surface area contributed by atoms with Crippen molar-refractivity contribution in [3.8, 4) is 0 Å². The summed E-state index contributed by atoms with van der Waals surface area (Å²) in [5.74, 6) is 5.32. The molecule has 0 saturated carbocycles. The fourth-order valence-electron chi connectivity index (χ4n) is 0.288. The Bertz CT molecular complexity index is 44.2. The molecule has 0 unspecified atom stereocenters. The van der Waals surface area contributed by atoms with E-state index in [9.17, 15) is 0 Å². The fraction of sp³-hybridized carbons (Fsp3) is 1.00. The van der Waals surface area contributed by atoms with Crippen LogP contribution in [0.15, 0.2) is 0 Å². The van der Waals surface area contributed by atoms with Gasteiger partial charge in [0, 0.05) is 6.54 Å². The van der Waals surface area contributed by atoms with Crippen molar-refractivity contribution in [2.45, 2.75) is 20.0 Å². The van der Waals surface area contributed by atoms with Crippen LogP contribution in [0, 0.1) is 0 Å². The van der Waals surface area contributed by atoms with Gasteiger partial charge in [-0.05, 0) is 6.92 Å². The molecule has 1 atom stereocenters. The highest BCUT2D eigenvalue weighted by atomic mass is 15.4. The summed E-state index contributed by atoms with van der Waals surface area (Å²) in [6.07, 6.45) is -0.0231. The van der Waals surface area contributed by atoms with E-state index in [1.54, 1.807) is 5.01 Å². The number of hydrogen-bond acceptors (Lipinski definition) is 3. The van der Waals surface area contributed by atoms with Gasteiger partial charge in [0.2, 0.25) is 0 Å². The smallest absolute Gasteiger partial charge is 0.0676 e. The van der Waals surface area contributed by atoms with Gasteiger partial charge in [-0.15, -0.1) is 0 Å². The lowest BCUT2D eigenvalue weighted by Gasteiger charge is -2.16. The summed E-state index contributed by atoms with van der Waals surface area (Å²) in [7, 11) is 0. The fourth-order valence-corrected chi connectivity index (χ4v) is 0.288. The molecule has 7 heavy (non-hydrogen) atoms. The SMILES string of the molecule is CCN(N)[C@H](C)N. The van der Waals surface area contributed by atoms with Gasteiger partial charge in [0.05, 0.1) is 6.17 Å². The summed E-state index contributed by atoms with van der Waals surface area (Å²) in [6, 6.07) is 0. The van der Waals surface area contributed by atoms with E-state index in [-0.39, 0.29) is 6.17 Å². The van der Waals surface area contributed by atoms with Crippen LogP contribution in [0.25, 0.3) is 0 Å². The van der Waals surface area contributed by atoms with Crippen LogP contribution in [-0.4, -0.2) is 17.7 Å². The highest BCUT2D eigenvalue weighted by molar-refractivity contribution is 4.46. The molecular weight excluding hydrogens is 90.1 g/mol. The van der Waals surface area contributed by atoms with Gasteiger partial charge >= 0.3 is 0 Å². The van der Waals surface area contributed by atoms with Gasteiger partial charge in [0.15, 0.2) is 0 Å². The Kier molecular flexibility index (Phi) is 2.91. The van der Waals surface area contributed by atoms with Crippen LogP contribution < -0.4 is 11.6 Å². The van der Waals surface area contributed by atoms with Gasteiger partial charge < -0.3 is 5.73 Å². The Morgan fingerprint density at radius 2 is 2.14 bits per heavy atom. The number of hydrogen-bond donors (Lipinski definition) is 2. The first kappa shape index (κ1) is 6.88. The van der Waals surface area contributed by atoms with Gasteiger partial charge in [0.25, 0.3) is 0 Å². The van der Waals surface area contributed by atoms with Crippen molar-refractivity contribution in [2.75, 3.05) is 6.54 Å². The van der Waals surface area contributed by atoms with Gasteiger partial charge in [0.1, 0.15) is 0 Å². The summed E-state index contributed by atoms with van der Waals surface area (Å²) < 4.78 is 0. The predicted molar refractivity (Wildman–Crippen MR) is 30.2 cm³/mol. The van der Waals surface area contributed by atoms with Crippen molar-refractivity contribution < 1.29 is 0 Å². The first-order valence-electron chi connectivity index (χ1n) is 2.45. The van der Waals surface area contributed by atoms with Gasteiger partial charge in [-0.25, -0.2) is 5.01 Å². The Morgan fingerprint density at radius 3 is 2.14 bits per heavy atom. The van der Waals surface area contributed by atoms with Crippen LogP contribution in [0.2, 0.25) is 0 Å². The van der Waals surface area contributed by atoms with E-state index in [0.717, 1.165) is 6.54 Å². The molecule has 4 N–H and O–H groups in total. The van der Waals surface area contributed by atoms with Crippen LogP contribution in [-0.2, 0) is 0 Å². The summed E-state index contributed by atoms with van der Waals surface area (Å²) in [6.45, 7) is 4.62. The average Bonchev–Trinajstić information content (AvgIpc) is 1.65. The molecule has 0 aliphatic rings. The van der Waals surface area contributed by atoms with E-state index in [4.69, 9.17) is 11.6 Å². The lowest BCUT2D eigenvalue weighted by Crippen LogP contribution is -2.44. The lowest BCUT2D eigenvalue weighted by atomic mass is 10.5. The van der Waals surface area contributed by atoms with E-state index in [2.05, 4.69) is 0 Å². The zero-order chi connectivity index (χ0) is 5.86. The molecular formula is C4H13N3. The standard InChI is InChI=1S/C4H13N3/c1-3-7(6)4(2)5/h4H,3,5-6H2,1-2H3/t4-/m1/s1. The number of nitrogens with zero attached hydrogens (tertiary/aromatic N) is 1. The molecule has 0 fully saturated rings. The Labute approximate surface area is 44.2 Å². The van der Waals surface area contributed by atoms with Crippen LogP contribution in [0.4, 0.5) is 0 Å². The highest BCUT2D eigenvalue weighted by Crippen LogP contribution is 1.77. The molecule has 0 aliphatic carbocycles. The van der Waals surface area contributed by atoms with Gasteiger partial charge in [-0.2, -0.15) is 0 Å². The van der Waals surface area contributed by atoms with Crippen molar-refractivity contribution in [2.24, 2.45) is 11.6 Å². The quantitative estimate of drug-likeness (QED) is 0.281. The predicted octanol–water partition coefficient (Wildman–Crippen LogP) is -0.513. The molecule has 0 rings (SSSR count). The molecule has 0 aliphatic heterocycles. The maximum Gasteiger partial charge on any atom is 0.0676 e. The van der Waals surface area contributed by atoms with Crippen LogP contribution in [0.1, 0.15) is 13.8 Å². The molecule has 3 heteroatoms. The maximum absolute atomic E-state index is 5.35. The molecule has 0 spiro atoms. The van der Waals surface area contributed by atoms with Crippen molar-refractivity contribution >= 4 is 0 Å². The second-order valence-electron chi connectivity index (χ2n) is 1.57. The van der Waals surface area contributed by atoms with E-state index >= 15 is 0 Å². The molecule has 0 radical (unpaired) electrons. The van der Waals surface area contributed by atoms with Crippen molar-refractivity contribution in [1.82, 2.24) is 5.01 Å². The first-order chi connectivity index (χ1) is 3.18. The Morgan fingerprint density at radius 1 is 1.71 bits per heavy atom. The van der Waals surface area contributed by atoms with Gasteiger partial charge in [-0.1, -0.05) is 6.92 Å². The number of nitrogens with two attached hydrogens (primary N) is 2. The topological polar surface area (TPSA) is 55.3 Å². The van der Waals surface area contributed by atoms with Crippen molar-refractivity contribution in [3.05, 3.63) is 0 Å². The average molecular weight is 103 g/mol. The minimum absolute atomic E-state index is 0.0231. The molecule has 0 aromatic heterocycles. The molecule has 0 aromatic rings. The summed E-state index contributed by atoms with van der Waals surface area (Å²) in [5, 5.41) is 1.57. The Hall–Kier alpha value is -0.120. The second-order valence-corrected chi connectivity index (χ2v) is 1.57. The molecule has 0 bridgehead atoms. The third-order valence-electron chi connectivity index (χ3n) is 0.888. The third kappa shape index (κ3) is 2.56. The molecule has 0 saturated heterocycles. The van der Waals surface area contributed by atoms with Crippen LogP contribution in [0.5, 0.6) is 0 Å². The number of hydrazine groups is 1.